The summed E-state index contributed by atoms with van der Waals surface area (Å²) in [4.78, 5) is 14.0. The maximum absolute atomic E-state index is 12.0. The van der Waals surface area contributed by atoms with Gasteiger partial charge in [-0.15, -0.1) is 0 Å². The standard InChI is InChI=1S/C15H22F2N2O2/c1-3-19(4-2)10-9-18-14(20)11-12-5-7-13(8-6-12)21-15(16)17/h5-8,15H,3-4,9-11H2,1-2H3,(H,18,20). The average molecular weight is 300 g/mol. The molecule has 0 saturated carbocycles. The molecule has 0 fully saturated rings. The van der Waals surface area contributed by atoms with Crippen molar-refractivity contribution >= 4 is 5.91 Å². The van der Waals surface area contributed by atoms with Crippen LogP contribution in [0.4, 0.5) is 8.78 Å². The quantitative estimate of drug-likeness (QED) is 0.761. The minimum atomic E-state index is -2.83. The Morgan fingerprint density at radius 1 is 1.24 bits per heavy atom. The van der Waals surface area contributed by atoms with Gasteiger partial charge in [-0.05, 0) is 30.8 Å². The molecule has 4 nitrogen and oxygen atoms in total. The summed E-state index contributed by atoms with van der Waals surface area (Å²) in [5, 5.41) is 2.85. The molecule has 118 valence electrons. The molecule has 6 heteroatoms. The number of carbonyl (C=O) groups excluding carboxylic acids is 1. The number of amides is 1. The molecular formula is C15H22F2N2O2. The zero-order valence-corrected chi connectivity index (χ0v) is 12.4. The molecule has 1 aromatic rings. The molecule has 0 spiro atoms. The number of rotatable bonds is 9. The second-order valence-corrected chi connectivity index (χ2v) is 4.58. The molecule has 21 heavy (non-hydrogen) atoms. The Morgan fingerprint density at radius 3 is 2.38 bits per heavy atom. The number of hydrogen-bond acceptors (Lipinski definition) is 3. The zero-order chi connectivity index (χ0) is 15.7. The fourth-order valence-electron chi connectivity index (χ4n) is 1.93. The maximum atomic E-state index is 12.0. The highest BCUT2D eigenvalue weighted by Crippen LogP contribution is 2.15. The minimum Gasteiger partial charge on any atom is -0.435 e. The number of nitrogens with zero attached hydrogens (tertiary/aromatic N) is 1. The molecule has 0 unspecified atom stereocenters. The van der Waals surface area contributed by atoms with Gasteiger partial charge in [0.25, 0.3) is 0 Å². The van der Waals surface area contributed by atoms with Crippen LogP contribution in [0.3, 0.4) is 0 Å². The predicted molar refractivity (Wildman–Crippen MR) is 77.6 cm³/mol. The number of benzene rings is 1. The van der Waals surface area contributed by atoms with Crippen LogP contribution < -0.4 is 10.1 Å². The highest BCUT2D eigenvalue weighted by Gasteiger charge is 2.06. The smallest absolute Gasteiger partial charge is 0.387 e. The SMILES string of the molecule is CCN(CC)CCNC(=O)Cc1ccc(OC(F)F)cc1. The fourth-order valence-corrected chi connectivity index (χ4v) is 1.93. The van der Waals surface area contributed by atoms with Crippen molar-refractivity contribution < 1.29 is 18.3 Å². The van der Waals surface area contributed by atoms with E-state index in [1.807, 2.05) is 0 Å². The number of alkyl halides is 2. The summed E-state index contributed by atoms with van der Waals surface area (Å²) in [7, 11) is 0. The van der Waals surface area contributed by atoms with E-state index < -0.39 is 6.61 Å². The van der Waals surface area contributed by atoms with Crippen LogP contribution in [-0.4, -0.2) is 43.6 Å². The summed E-state index contributed by atoms with van der Waals surface area (Å²) in [6.45, 7) is 4.66. The first-order valence-corrected chi connectivity index (χ1v) is 7.08. The molecule has 0 heterocycles. The molecule has 1 amide bonds. The van der Waals surface area contributed by atoms with E-state index in [1.54, 1.807) is 12.1 Å². The number of halogens is 2. The van der Waals surface area contributed by atoms with E-state index >= 15 is 0 Å². The van der Waals surface area contributed by atoms with Gasteiger partial charge in [-0.1, -0.05) is 26.0 Å². The number of ether oxygens (including phenoxy) is 1. The monoisotopic (exact) mass is 300 g/mol. The largest absolute Gasteiger partial charge is 0.435 e. The Hall–Kier alpha value is -1.69. The topological polar surface area (TPSA) is 41.6 Å². The van der Waals surface area contributed by atoms with Crippen LogP contribution in [0, 0.1) is 0 Å². The number of likely N-dealkylation sites (N-methyl/N-ethyl adjacent to an activating group) is 1. The molecule has 0 aliphatic carbocycles. The second-order valence-electron chi connectivity index (χ2n) is 4.58. The van der Waals surface area contributed by atoms with Crippen LogP contribution >= 0.6 is 0 Å². The van der Waals surface area contributed by atoms with Gasteiger partial charge >= 0.3 is 6.61 Å². The zero-order valence-electron chi connectivity index (χ0n) is 12.4. The van der Waals surface area contributed by atoms with Crippen LogP contribution in [0.15, 0.2) is 24.3 Å². The molecule has 0 bridgehead atoms. The van der Waals surface area contributed by atoms with Gasteiger partial charge in [0.15, 0.2) is 0 Å². The minimum absolute atomic E-state index is 0.0790. The molecule has 1 rings (SSSR count). The Labute approximate surface area is 124 Å². The lowest BCUT2D eigenvalue weighted by Crippen LogP contribution is -2.35. The van der Waals surface area contributed by atoms with E-state index in [0.717, 1.165) is 25.2 Å². The maximum Gasteiger partial charge on any atom is 0.387 e. The summed E-state index contributed by atoms with van der Waals surface area (Å²) >= 11 is 0. The van der Waals surface area contributed by atoms with E-state index in [1.165, 1.54) is 12.1 Å². The molecule has 0 aliphatic rings. The molecular weight excluding hydrogens is 278 g/mol. The lowest BCUT2D eigenvalue weighted by Gasteiger charge is -2.17. The van der Waals surface area contributed by atoms with E-state index in [9.17, 15) is 13.6 Å². The third kappa shape index (κ3) is 7.04. The van der Waals surface area contributed by atoms with Crippen LogP contribution in [-0.2, 0) is 11.2 Å². The Kier molecular flexibility index (Phi) is 7.68. The van der Waals surface area contributed by atoms with Crippen molar-refractivity contribution in [3.05, 3.63) is 29.8 Å². The van der Waals surface area contributed by atoms with Crippen molar-refractivity contribution in [1.82, 2.24) is 10.2 Å². The van der Waals surface area contributed by atoms with E-state index in [4.69, 9.17) is 0 Å². The number of hydrogen-bond donors (Lipinski definition) is 1. The first-order valence-electron chi connectivity index (χ1n) is 7.08. The fraction of sp³-hybridized carbons (Fsp3) is 0.533. The van der Waals surface area contributed by atoms with Gasteiger partial charge in [-0.25, -0.2) is 0 Å². The highest BCUT2D eigenvalue weighted by molar-refractivity contribution is 5.78. The summed E-state index contributed by atoms with van der Waals surface area (Å²) in [5.74, 6) is 0.0142. The third-order valence-electron chi connectivity index (χ3n) is 3.16. The number of carbonyl (C=O) groups is 1. The lowest BCUT2D eigenvalue weighted by atomic mass is 10.1. The van der Waals surface area contributed by atoms with E-state index in [0.29, 0.717) is 6.54 Å². The van der Waals surface area contributed by atoms with Gasteiger partial charge in [0, 0.05) is 13.1 Å². The van der Waals surface area contributed by atoms with Gasteiger partial charge < -0.3 is 15.0 Å². The molecule has 0 aliphatic heterocycles. The summed E-state index contributed by atoms with van der Waals surface area (Å²) in [6.07, 6.45) is 0.229. The molecule has 1 N–H and O–H groups in total. The van der Waals surface area contributed by atoms with Crippen molar-refractivity contribution in [1.29, 1.82) is 0 Å². The molecule has 0 saturated heterocycles. The molecule has 1 aromatic carbocycles. The van der Waals surface area contributed by atoms with Crippen molar-refractivity contribution in [3.63, 3.8) is 0 Å². The van der Waals surface area contributed by atoms with Gasteiger partial charge in [-0.3, -0.25) is 4.79 Å². The summed E-state index contributed by atoms with van der Waals surface area (Å²) in [5.41, 5.74) is 0.761. The van der Waals surface area contributed by atoms with E-state index in [2.05, 4.69) is 28.8 Å². The molecule has 0 radical (unpaired) electrons. The van der Waals surface area contributed by atoms with Crippen molar-refractivity contribution in [2.24, 2.45) is 0 Å². The highest BCUT2D eigenvalue weighted by atomic mass is 19.3. The van der Waals surface area contributed by atoms with Gasteiger partial charge in [0.1, 0.15) is 5.75 Å². The van der Waals surface area contributed by atoms with Crippen molar-refractivity contribution in [2.75, 3.05) is 26.2 Å². The van der Waals surface area contributed by atoms with Crippen LogP contribution in [0.5, 0.6) is 5.75 Å². The third-order valence-corrected chi connectivity index (χ3v) is 3.16. The lowest BCUT2D eigenvalue weighted by molar-refractivity contribution is -0.120. The first-order chi connectivity index (χ1) is 10.0. The average Bonchev–Trinajstić information content (AvgIpc) is 2.45. The number of nitrogens with one attached hydrogen (secondary N) is 1. The van der Waals surface area contributed by atoms with E-state index in [-0.39, 0.29) is 18.1 Å². The Balaban J connectivity index is 2.34. The summed E-state index contributed by atoms with van der Waals surface area (Å²) < 4.78 is 28.3. The van der Waals surface area contributed by atoms with Gasteiger partial charge in [0.2, 0.25) is 5.91 Å². The van der Waals surface area contributed by atoms with Crippen LogP contribution in [0.25, 0.3) is 0 Å². The van der Waals surface area contributed by atoms with Gasteiger partial charge in [-0.2, -0.15) is 8.78 Å². The Bertz CT molecular complexity index is 420. The van der Waals surface area contributed by atoms with Crippen LogP contribution in [0.1, 0.15) is 19.4 Å². The Morgan fingerprint density at radius 2 is 1.86 bits per heavy atom. The second kappa shape index (κ2) is 9.28. The van der Waals surface area contributed by atoms with Gasteiger partial charge in [0.05, 0.1) is 6.42 Å². The molecule has 0 atom stereocenters. The summed E-state index contributed by atoms with van der Waals surface area (Å²) in [6, 6.07) is 6.10. The van der Waals surface area contributed by atoms with Crippen LogP contribution in [0.2, 0.25) is 0 Å². The van der Waals surface area contributed by atoms with Crippen molar-refractivity contribution in [3.8, 4) is 5.75 Å². The predicted octanol–water partition coefficient (Wildman–Crippen LogP) is 2.29. The normalized spacial score (nSPS) is 11.0. The molecule has 0 aromatic heterocycles. The first kappa shape index (κ1) is 17.4. The van der Waals surface area contributed by atoms with Crippen molar-refractivity contribution in [2.45, 2.75) is 26.9 Å².